The molecule has 1 aliphatic rings. The van der Waals surface area contributed by atoms with Crippen molar-refractivity contribution in [2.45, 2.75) is 25.3 Å². The molecule has 0 aliphatic carbocycles. The Morgan fingerprint density at radius 1 is 1.42 bits per heavy atom. The molecule has 0 spiro atoms. The number of methoxy groups -OCH3 is 1. The third-order valence-electron chi connectivity index (χ3n) is 2.99. The van der Waals surface area contributed by atoms with Crippen LogP contribution in [0.25, 0.3) is 0 Å². The summed E-state index contributed by atoms with van der Waals surface area (Å²) in [5.74, 6) is -4.15. The monoisotopic (exact) mass is 273 g/mol. The number of esters is 1. The molecule has 8 nitrogen and oxygen atoms in total. The summed E-state index contributed by atoms with van der Waals surface area (Å²) in [6.07, 6.45) is -0.655. The molecule has 1 fully saturated rings. The third kappa shape index (κ3) is 3.67. The number of rotatable bonds is 6. The van der Waals surface area contributed by atoms with Crippen LogP contribution in [0.5, 0.6) is 0 Å². The van der Waals surface area contributed by atoms with Gasteiger partial charge in [-0.25, -0.2) is 4.79 Å². The van der Waals surface area contributed by atoms with Crippen molar-refractivity contribution in [3.05, 3.63) is 0 Å². The predicted molar refractivity (Wildman–Crippen MR) is 60.1 cm³/mol. The van der Waals surface area contributed by atoms with Gasteiger partial charge in [0.2, 0.25) is 5.91 Å². The van der Waals surface area contributed by atoms with Crippen LogP contribution in [0.4, 0.5) is 0 Å². The molecule has 0 aromatic heterocycles. The average Bonchev–Trinajstić information content (AvgIpc) is 2.70. The SMILES string of the molecule is COC(=O)C1CC(=O)N([C@@H](CCC(=O)O)C(=O)O)C1. The normalized spacial score (nSPS) is 20.2. The van der Waals surface area contributed by atoms with Crippen LogP contribution in [0, 0.1) is 5.92 Å². The van der Waals surface area contributed by atoms with E-state index in [1.165, 1.54) is 7.11 Å². The van der Waals surface area contributed by atoms with Crippen LogP contribution in [0.1, 0.15) is 19.3 Å². The van der Waals surface area contributed by atoms with E-state index in [-0.39, 0.29) is 25.8 Å². The molecule has 1 rings (SSSR count). The number of carboxylic acids is 2. The lowest BCUT2D eigenvalue weighted by molar-refractivity contribution is -0.150. The fourth-order valence-electron chi connectivity index (χ4n) is 2.03. The Morgan fingerprint density at radius 3 is 2.53 bits per heavy atom. The number of ether oxygens (including phenoxy) is 1. The van der Waals surface area contributed by atoms with Crippen molar-refractivity contribution < 1.29 is 34.1 Å². The first-order chi connectivity index (χ1) is 8.86. The third-order valence-corrected chi connectivity index (χ3v) is 2.99. The molecule has 2 N–H and O–H groups in total. The summed E-state index contributed by atoms with van der Waals surface area (Å²) in [6, 6.07) is -1.22. The molecular weight excluding hydrogens is 258 g/mol. The van der Waals surface area contributed by atoms with Gasteiger partial charge in [-0.2, -0.15) is 0 Å². The van der Waals surface area contributed by atoms with Crippen molar-refractivity contribution >= 4 is 23.8 Å². The highest BCUT2D eigenvalue weighted by Gasteiger charge is 2.40. The zero-order chi connectivity index (χ0) is 14.6. The first-order valence-corrected chi connectivity index (χ1v) is 5.68. The number of carbonyl (C=O) groups is 4. The molecule has 2 atom stereocenters. The first kappa shape index (κ1) is 14.9. The van der Waals surface area contributed by atoms with Gasteiger partial charge in [-0.3, -0.25) is 14.4 Å². The minimum Gasteiger partial charge on any atom is -0.481 e. The van der Waals surface area contributed by atoms with Crippen LogP contribution in [0.3, 0.4) is 0 Å². The van der Waals surface area contributed by atoms with E-state index in [4.69, 9.17) is 10.2 Å². The smallest absolute Gasteiger partial charge is 0.326 e. The van der Waals surface area contributed by atoms with Crippen LogP contribution in [-0.2, 0) is 23.9 Å². The Hall–Kier alpha value is -2.12. The number of hydrogen-bond donors (Lipinski definition) is 2. The number of carbonyl (C=O) groups excluding carboxylic acids is 2. The maximum absolute atomic E-state index is 11.7. The largest absolute Gasteiger partial charge is 0.481 e. The van der Waals surface area contributed by atoms with Crippen molar-refractivity contribution in [3.63, 3.8) is 0 Å². The Balaban J connectivity index is 2.74. The van der Waals surface area contributed by atoms with E-state index in [2.05, 4.69) is 4.74 Å². The van der Waals surface area contributed by atoms with Crippen LogP contribution in [0.15, 0.2) is 0 Å². The molecule has 0 saturated carbocycles. The van der Waals surface area contributed by atoms with Gasteiger partial charge in [-0.05, 0) is 6.42 Å². The lowest BCUT2D eigenvalue weighted by atomic mass is 10.1. The zero-order valence-electron chi connectivity index (χ0n) is 10.4. The Kier molecular flexibility index (Phi) is 4.85. The second-order valence-electron chi connectivity index (χ2n) is 4.26. The van der Waals surface area contributed by atoms with E-state index >= 15 is 0 Å². The standard InChI is InChI=1S/C11H15NO7/c1-19-11(18)6-4-8(13)12(5-6)7(10(16)17)2-3-9(14)15/h6-7H,2-5H2,1H3,(H,14,15)(H,16,17)/t6?,7-/m0/s1. The molecule has 1 heterocycles. The first-order valence-electron chi connectivity index (χ1n) is 5.68. The molecule has 1 unspecified atom stereocenters. The second kappa shape index (κ2) is 6.17. The highest BCUT2D eigenvalue weighted by Crippen LogP contribution is 2.23. The fourth-order valence-corrected chi connectivity index (χ4v) is 2.03. The molecule has 1 aliphatic heterocycles. The zero-order valence-corrected chi connectivity index (χ0v) is 10.4. The highest BCUT2D eigenvalue weighted by molar-refractivity contribution is 5.90. The molecule has 0 aromatic rings. The van der Waals surface area contributed by atoms with Crippen molar-refractivity contribution in [1.82, 2.24) is 4.90 Å². The summed E-state index contributed by atoms with van der Waals surface area (Å²) in [5.41, 5.74) is 0. The minimum atomic E-state index is -1.28. The van der Waals surface area contributed by atoms with Gasteiger partial charge >= 0.3 is 17.9 Å². The Labute approximate surface area is 108 Å². The molecule has 0 radical (unpaired) electrons. The van der Waals surface area contributed by atoms with Crippen LogP contribution in [-0.4, -0.2) is 58.6 Å². The van der Waals surface area contributed by atoms with Crippen LogP contribution < -0.4 is 0 Å². The van der Waals surface area contributed by atoms with Gasteiger partial charge in [0.05, 0.1) is 13.0 Å². The summed E-state index contributed by atoms with van der Waals surface area (Å²) in [6.45, 7) is -0.0535. The second-order valence-corrected chi connectivity index (χ2v) is 4.26. The predicted octanol–water partition coefficient (Wildman–Crippen LogP) is -0.674. The molecule has 8 heteroatoms. The van der Waals surface area contributed by atoms with Gasteiger partial charge in [0, 0.05) is 19.4 Å². The Bertz CT molecular complexity index is 406. The van der Waals surface area contributed by atoms with Crippen molar-refractivity contribution in [2.24, 2.45) is 5.92 Å². The van der Waals surface area contributed by atoms with Crippen molar-refractivity contribution in [1.29, 1.82) is 0 Å². The number of hydrogen-bond acceptors (Lipinski definition) is 5. The van der Waals surface area contributed by atoms with E-state index in [0.29, 0.717) is 0 Å². The van der Waals surface area contributed by atoms with Gasteiger partial charge < -0.3 is 19.8 Å². The molecule has 19 heavy (non-hydrogen) atoms. The van der Waals surface area contributed by atoms with E-state index < -0.39 is 35.8 Å². The number of carboxylic acid groups (broad SMARTS) is 2. The number of likely N-dealkylation sites (tertiary alicyclic amines) is 1. The number of aliphatic carboxylic acids is 2. The van der Waals surface area contributed by atoms with E-state index in [9.17, 15) is 19.2 Å². The van der Waals surface area contributed by atoms with E-state index in [1.807, 2.05) is 0 Å². The van der Waals surface area contributed by atoms with Gasteiger partial charge in [0.15, 0.2) is 0 Å². The average molecular weight is 273 g/mol. The maximum atomic E-state index is 11.7. The minimum absolute atomic E-state index is 0.0535. The summed E-state index contributed by atoms with van der Waals surface area (Å²) in [7, 11) is 1.19. The van der Waals surface area contributed by atoms with E-state index in [1.54, 1.807) is 0 Å². The van der Waals surface area contributed by atoms with Gasteiger partial charge in [0.1, 0.15) is 6.04 Å². The van der Waals surface area contributed by atoms with Gasteiger partial charge in [-0.15, -0.1) is 0 Å². The molecular formula is C11H15NO7. The van der Waals surface area contributed by atoms with Crippen molar-refractivity contribution in [3.8, 4) is 0 Å². The highest BCUT2D eigenvalue weighted by atomic mass is 16.5. The molecule has 1 amide bonds. The fraction of sp³-hybridized carbons (Fsp3) is 0.636. The van der Waals surface area contributed by atoms with Crippen LogP contribution >= 0.6 is 0 Å². The summed E-state index contributed by atoms with van der Waals surface area (Å²) < 4.78 is 4.51. The summed E-state index contributed by atoms with van der Waals surface area (Å²) in [4.78, 5) is 45.6. The lowest BCUT2D eigenvalue weighted by Gasteiger charge is -2.23. The van der Waals surface area contributed by atoms with Gasteiger partial charge in [0.25, 0.3) is 0 Å². The number of nitrogens with zero attached hydrogens (tertiary/aromatic N) is 1. The summed E-state index contributed by atoms with van der Waals surface area (Å²) in [5, 5.41) is 17.6. The molecule has 0 aromatic carbocycles. The summed E-state index contributed by atoms with van der Waals surface area (Å²) >= 11 is 0. The van der Waals surface area contributed by atoms with Crippen LogP contribution in [0.2, 0.25) is 0 Å². The Morgan fingerprint density at radius 2 is 2.05 bits per heavy atom. The van der Waals surface area contributed by atoms with Gasteiger partial charge in [-0.1, -0.05) is 0 Å². The molecule has 106 valence electrons. The molecule has 0 bridgehead atoms. The lowest BCUT2D eigenvalue weighted by Crippen LogP contribution is -2.42. The van der Waals surface area contributed by atoms with Crippen molar-refractivity contribution in [2.75, 3.05) is 13.7 Å². The topological polar surface area (TPSA) is 121 Å². The maximum Gasteiger partial charge on any atom is 0.326 e. The van der Waals surface area contributed by atoms with E-state index in [0.717, 1.165) is 4.90 Å². The number of amides is 1. The quantitative estimate of drug-likeness (QED) is 0.615. The molecule has 1 saturated heterocycles.